The molecule has 1 aromatic heterocycles. The topological polar surface area (TPSA) is 132 Å². The molecule has 9 heteroatoms. The number of primary amides is 1. The highest BCUT2D eigenvalue weighted by molar-refractivity contribution is 7.18. The normalized spacial score (nSPS) is 10.3. The summed E-state index contributed by atoms with van der Waals surface area (Å²) in [5.74, 6) is 0.281. The Balaban J connectivity index is 2.49. The SMILES string of the molecule is CC(C)CNc1nc(N)c(C(=O)NCCOC(N)=O)s1. The van der Waals surface area contributed by atoms with E-state index < -0.39 is 6.09 Å². The van der Waals surface area contributed by atoms with Crippen molar-refractivity contribution in [1.29, 1.82) is 0 Å². The highest BCUT2D eigenvalue weighted by Gasteiger charge is 2.15. The average molecular weight is 301 g/mol. The van der Waals surface area contributed by atoms with Crippen LogP contribution in [0.4, 0.5) is 15.7 Å². The molecule has 0 aliphatic rings. The molecule has 1 heterocycles. The lowest BCUT2D eigenvalue weighted by Crippen LogP contribution is -2.28. The van der Waals surface area contributed by atoms with Crippen molar-refractivity contribution in [3.63, 3.8) is 0 Å². The highest BCUT2D eigenvalue weighted by atomic mass is 32.1. The minimum Gasteiger partial charge on any atom is -0.448 e. The number of aromatic nitrogens is 1. The van der Waals surface area contributed by atoms with Gasteiger partial charge in [-0.3, -0.25) is 4.79 Å². The standard InChI is InChI=1S/C11H19N5O3S/c1-6(2)5-15-11-16-8(12)7(20-11)9(17)14-3-4-19-10(13)18/h6H,3-5,12H2,1-2H3,(H2,13,18)(H,14,17)(H,15,16). The Morgan fingerprint density at radius 2 is 2.15 bits per heavy atom. The minimum atomic E-state index is -0.878. The number of amides is 2. The second kappa shape index (κ2) is 7.53. The van der Waals surface area contributed by atoms with Gasteiger partial charge in [0.1, 0.15) is 17.3 Å². The molecule has 1 aromatic rings. The number of carbonyl (C=O) groups excluding carboxylic acids is 2. The summed E-state index contributed by atoms with van der Waals surface area (Å²) in [7, 11) is 0. The third-order valence-electron chi connectivity index (χ3n) is 2.15. The fourth-order valence-electron chi connectivity index (χ4n) is 1.26. The van der Waals surface area contributed by atoms with Crippen molar-refractivity contribution in [3.05, 3.63) is 4.88 Å². The number of nitrogens with two attached hydrogens (primary N) is 2. The van der Waals surface area contributed by atoms with Crippen molar-refractivity contribution in [1.82, 2.24) is 10.3 Å². The van der Waals surface area contributed by atoms with E-state index in [9.17, 15) is 9.59 Å². The minimum absolute atomic E-state index is 0.0121. The number of ether oxygens (including phenoxy) is 1. The molecular formula is C11H19N5O3S. The summed E-state index contributed by atoms with van der Waals surface area (Å²) in [5, 5.41) is 6.27. The molecule has 0 saturated heterocycles. The third-order valence-corrected chi connectivity index (χ3v) is 3.18. The summed E-state index contributed by atoms with van der Waals surface area (Å²) >= 11 is 1.18. The number of nitrogen functional groups attached to an aromatic ring is 1. The summed E-state index contributed by atoms with van der Waals surface area (Å²) in [6.45, 7) is 5.05. The van der Waals surface area contributed by atoms with Crippen LogP contribution < -0.4 is 22.1 Å². The van der Waals surface area contributed by atoms with E-state index in [0.29, 0.717) is 15.9 Å². The number of nitrogens with one attached hydrogen (secondary N) is 2. The number of hydrogen-bond donors (Lipinski definition) is 4. The van der Waals surface area contributed by atoms with Crippen molar-refractivity contribution < 1.29 is 14.3 Å². The molecule has 0 aliphatic heterocycles. The first-order valence-corrected chi connectivity index (χ1v) is 6.92. The molecule has 0 bridgehead atoms. The maximum atomic E-state index is 11.8. The molecule has 0 spiro atoms. The maximum Gasteiger partial charge on any atom is 0.404 e. The van der Waals surface area contributed by atoms with Crippen LogP contribution in [0.5, 0.6) is 0 Å². The van der Waals surface area contributed by atoms with Gasteiger partial charge in [-0.2, -0.15) is 0 Å². The lowest BCUT2D eigenvalue weighted by atomic mass is 10.2. The fourth-order valence-corrected chi connectivity index (χ4v) is 2.07. The summed E-state index contributed by atoms with van der Waals surface area (Å²) in [6.07, 6.45) is -0.878. The van der Waals surface area contributed by atoms with Gasteiger partial charge >= 0.3 is 6.09 Å². The molecule has 8 nitrogen and oxygen atoms in total. The Bertz CT molecular complexity index is 475. The average Bonchev–Trinajstić information content (AvgIpc) is 2.73. The molecule has 112 valence electrons. The molecule has 2 amide bonds. The largest absolute Gasteiger partial charge is 0.448 e. The quantitative estimate of drug-likeness (QED) is 0.546. The lowest BCUT2D eigenvalue weighted by molar-refractivity contribution is 0.0941. The summed E-state index contributed by atoms with van der Waals surface area (Å²) in [6, 6.07) is 0. The van der Waals surface area contributed by atoms with Crippen molar-refractivity contribution in [3.8, 4) is 0 Å². The Hall–Kier alpha value is -2.03. The number of nitrogens with zero attached hydrogens (tertiary/aromatic N) is 1. The first kappa shape index (κ1) is 16.0. The van der Waals surface area contributed by atoms with Gasteiger partial charge in [0, 0.05) is 6.54 Å². The van der Waals surface area contributed by atoms with Gasteiger partial charge in [0.2, 0.25) is 0 Å². The lowest BCUT2D eigenvalue weighted by Gasteiger charge is -2.04. The number of rotatable bonds is 7. The summed E-state index contributed by atoms with van der Waals surface area (Å²) in [5.41, 5.74) is 10.5. The first-order valence-electron chi connectivity index (χ1n) is 6.10. The number of hydrogen-bond acceptors (Lipinski definition) is 7. The van der Waals surface area contributed by atoms with Crippen LogP contribution in [0, 0.1) is 5.92 Å². The molecule has 0 fully saturated rings. The van der Waals surface area contributed by atoms with Gasteiger partial charge in [0.15, 0.2) is 5.13 Å². The van der Waals surface area contributed by atoms with E-state index >= 15 is 0 Å². The van der Waals surface area contributed by atoms with Gasteiger partial charge in [-0.1, -0.05) is 25.2 Å². The Labute approximate surface area is 120 Å². The molecule has 0 radical (unpaired) electrons. The third kappa shape index (κ3) is 5.31. The van der Waals surface area contributed by atoms with E-state index in [1.807, 2.05) is 0 Å². The van der Waals surface area contributed by atoms with E-state index in [4.69, 9.17) is 11.5 Å². The van der Waals surface area contributed by atoms with Crippen LogP contribution in [-0.4, -0.2) is 36.7 Å². The van der Waals surface area contributed by atoms with Crippen molar-refractivity contribution >= 4 is 34.3 Å². The molecule has 0 atom stereocenters. The van der Waals surface area contributed by atoms with Crippen LogP contribution in [0.25, 0.3) is 0 Å². The van der Waals surface area contributed by atoms with Crippen LogP contribution >= 0.6 is 11.3 Å². The van der Waals surface area contributed by atoms with Crippen molar-refractivity contribution in [2.75, 3.05) is 30.7 Å². The Morgan fingerprint density at radius 1 is 1.45 bits per heavy atom. The number of thiazole rings is 1. The summed E-state index contributed by atoms with van der Waals surface area (Å²) in [4.78, 5) is 26.6. The van der Waals surface area contributed by atoms with Gasteiger partial charge in [0.05, 0.1) is 6.54 Å². The van der Waals surface area contributed by atoms with Gasteiger partial charge in [-0.15, -0.1) is 0 Å². The van der Waals surface area contributed by atoms with E-state index in [-0.39, 0.29) is 24.9 Å². The van der Waals surface area contributed by atoms with Crippen LogP contribution in [0.2, 0.25) is 0 Å². The van der Waals surface area contributed by atoms with Gasteiger partial charge in [0.25, 0.3) is 5.91 Å². The molecule has 0 saturated carbocycles. The van der Waals surface area contributed by atoms with Gasteiger partial charge in [-0.05, 0) is 5.92 Å². The molecule has 1 rings (SSSR count). The van der Waals surface area contributed by atoms with E-state index in [1.165, 1.54) is 11.3 Å². The van der Waals surface area contributed by atoms with Crippen molar-refractivity contribution in [2.24, 2.45) is 11.7 Å². The van der Waals surface area contributed by atoms with Crippen LogP contribution in [0.1, 0.15) is 23.5 Å². The number of anilines is 2. The highest BCUT2D eigenvalue weighted by Crippen LogP contribution is 2.24. The Morgan fingerprint density at radius 3 is 2.75 bits per heavy atom. The van der Waals surface area contributed by atoms with Gasteiger partial charge < -0.3 is 26.8 Å². The monoisotopic (exact) mass is 301 g/mol. The number of carbonyl (C=O) groups is 2. The first-order chi connectivity index (χ1) is 9.40. The van der Waals surface area contributed by atoms with Crippen LogP contribution in [-0.2, 0) is 4.74 Å². The van der Waals surface area contributed by atoms with E-state index in [2.05, 4.69) is 34.2 Å². The zero-order valence-corrected chi connectivity index (χ0v) is 12.3. The Kier molecular flexibility index (Phi) is 6.04. The molecular weight excluding hydrogens is 282 g/mol. The predicted molar refractivity (Wildman–Crippen MR) is 77.7 cm³/mol. The zero-order valence-electron chi connectivity index (χ0n) is 11.4. The predicted octanol–water partition coefficient (Wildman–Crippen LogP) is 0.618. The summed E-state index contributed by atoms with van der Waals surface area (Å²) < 4.78 is 4.50. The molecule has 6 N–H and O–H groups in total. The zero-order chi connectivity index (χ0) is 15.1. The second-order valence-electron chi connectivity index (χ2n) is 4.43. The fraction of sp³-hybridized carbons (Fsp3) is 0.545. The van der Waals surface area contributed by atoms with Crippen molar-refractivity contribution in [2.45, 2.75) is 13.8 Å². The van der Waals surface area contributed by atoms with Crippen LogP contribution in [0.15, 0.2) is 0 Å². The molecule has 20 heavy (non-hydrogen) atoms. The smallest absolute Gasteiger partial charge is 0.404 e. The molecule has 0 aromatic carbocycles. The van der Waals surface area contributed by atoms with E-state index in [0.717, 1.165) is 6.54 Å². The van der Waals surface area contributed by atoms with E-state index in [1.54, 1.807) is 0 Å². The molecule has 0 unspecified atom stereocenters. The molecule has 0 aliphatic carbocycles. The van der Waals surface area contributed by atoms with Crippen LogP contribution in [0.3, 0.4) is 0 Å². The second-order valence-corrected chi connectivity index (χ2v) is 5.43. The maximum absolute atomic E-state index is 11.8. The van der Waals surface area contributed by atoms with Gasteiger partial charge in [-0.25, -0.2) is 9.78 Å².